The van der Waals surface area contributed by atoms with Crippen molar-refractivity contribution < 1.29 is 19.0 Å². The molecule has 0 unspecified atom stereocenters. The molecular weight excluding hydrogens is 368 g/mol. The van der Waals surface area contributed by atoms with Crippen LogP contribution in [0.4, 0.5) is 4.79 Å². The van der Waals surface area contributed by atoms with Crippen LogP contribution in [0, 0.1) is 0 Å². The van der Waals surface area contributed by atoms with Crippen LogP contribution in [-0.2, 0) is 9.47 Å². The molecule has 1 aromatic heterocycles. The Morgan fingerprint density at radius 3 is 2.10 bits per heavy atom. The Balaban J connectivity index is 1.24. The fourth-order valence-electron chi connectivity index (χ4n) is 5.02. The van der Waals surface area contributed by atoms with Crippen molar-refractivity contribution in [1.82, 2.24) is 9.88 Å². The van der Waals surface area contributed by atoms with Gasteiger partial charge in [-0.15, -0.1) is 0 Å². The van der Waals surface area contributed by atoms with E-state index in [-0.39, 0.29) is 30.4 Å². The summed E-state index contributed by atoms with van der Waals surface area (Å²) in [4.78, 5) is 18.6. The van der Waals surface area contributed by atoms with Crippen LogP contribution in [0.3, 0.4) is 0 Å². The van der Waals surface area contributed by atoms with Crippen LogP contribution < -0.4 is 4.74 Å². The van der Waals surface area contributed by atoms with Crippen molar-refractivity contribution in [1.29, 1.82) is 0 Å². The van der Waals surface area contributed by atoms with E-state index < -0.39 is 5.60 Å². The van der Waals surface area contributed by atoms with E-state index >= 15 is 0 Å². The van der Waals surface area contributed by atoms with Crippen molar-refractivity contribution in [3.05, 3.63) is 24.5 Å². The number of fused-ring (bicyclic) bond motifs is 2. The molecule has 29 heavy (non-hydrogen) atoms. The second-order valence-corrected chi connectivity index (χ2v) is 9.70. The molecule has 160 valence electrons. The lowest BCUT2D eigenvalue weighted by Gasteiger charge is -2.41. The number of aromatic nitrogens is 1. The van der Waals surface area contributed by atoms with E-state index in [0.29, 0.717) is 6.10 Å². The first-order valence-corrected chi connectivity index (χ1v) is 11.1. The maximum Gasteiger partial charge on any atom is 0.410 e. The van der Waals surface area contributed by atoms with Crippen molar-refractivity contribution >= 4 is 6.09 Å². The van der Waals surface area contributed by atoms with Gasteiger partial charge in [-0.2, -0.15) is 0 Å². The number of rotatable bonds is 4. The summed E-state index contributed by atoms with van der Waals surface area (Å²) in [7, 11) is 0. The highest BCUT2D eigenvalue weighted by Gasteiger charge is 2.45. The molecular formula is C23H34N2O4. The molecule has 0 radical (unpaired) electrons. The molecule has 4 rings (SSSR count). The lowest BCUT2D eigenvalue weighted by atomic mass is 9.93. The average molecular weight is 403 g/mol. The Kier molecular flexibility index (Phi) is 6.00. The van der Waals surface area contributed by atoms with E-state index in [1.165, 1.54) is 0 Å². The molecule has 1 saturated carbocycles. The van der Waals surface area contributed by atoms with E-state index in [0.717, 1.165) is 57.1 Å². The zero-order chi connectivity index (χ0) is 20.4. The number of piperidine rings is 1. The van der Waals surface area contributed by atoms with Gasteiger partial charge in [-0.05, 0) is 84.3 Å². The van der Waals surface area contributed by atoms with Crippen molar-refractivity contribution in [3.8, 4) is 5.75 Å². The molecule has 2 aliphatic heterocycles. The van der Waals surface area contributed by atoms with E-state index in [9.17, 15) is 4.79 Å². The molecule has 0 spiro atoms. The van der Waals surface area contributed by atoms with Crippen molar-refractivity contribution in [2.24, 2.45) is 0 Å². The van der Waals surface area contributed by atoms with E-state index in [4.69, 9.17) is 14.2 Å². The van der Waals surface area contributed by atoms with Crippen molar-refractivity contribution in [2.75, 3.05) is 0 Å². The molecule has 2 bridgehead atoms. The molecule has 2 saturated heterocycles. The molecule has 1 aliphatic carbocycles. The van der Waals surface area contributed by atoms with Gasteiger partial charge < -0.3 is 19.1 Å². The number of nitrogens with zero attached hydrogens (tertiary/aromatic N) is 2. The minimum absolute atomic E-state index is 0.155. The van der Waals surface area contributed by atoms with Gasteiger partial charge in [0.05, 0.1) is 18.3 Å². The third-order valence-electron chi connectivity index (χ3n) is 6.25. The van der Waals surface area contributed by atoms with E-state index in [1.54, 1.807) is 12.4 Å². The summed E-state index contributed by atoms with van der Waals surface area (Å²) in [5.41, 5.74) is -0.444. The minimum Gasteiger partial charge on any atom is -0.490 e. The van der Waals surface area contributed by atoms with Crippen molar-refractivity contribution in [2.45, 2.75) is 108 Å². The summed E-state index contributed by atoms with van der Waals surface area (Å²) >= 11 is 0. The van der Waals surface area contributed by atoms with Crippen LogP contribution in [0.25, 0.3) is 0 Å². The summed E-state index contributed by atoms with van der Waals surface area (Å²) in [5, 5.41) is 0. The third-order valence-corrected chi connectivity index (χ3v) is 6.25. The average Bonchev–Trinajstić information content (AvgIpc) is 2.94. The Bertz CT molecular complexity index is 668. The highest BCUT2D eigenvalue weighted by atomic mass is 16.6. The predicted molar refractivity (Wildman–Crippen MR) is 110 cm³/mol. The van der Waals surface area contributed by atoms with Gasteiger partial charge in [0.15, 0.2) is 0 Å². The molecule has 1 aromatic rings. The topological polar surface area (TPSA) is 60.9 Å². The Morgan fingerprint density at radius 2 is 1.52 bits per heavy atom. The quantitative estimate of drug-likeness (QED) is 0.729. The number of ether oxygens (including phenoxy) is 3. The molecule has 6 nitrogen and oxygen atoms in total. The lowest BCUT2D eigenvalue weighted by Crippen LogP contribution is -2.50. The first kappa shape index (κ1) is 20.5. The zero-order valence-electron chi connectivity index (χ0n) is 17.9. The van der Waals surface area contributed by atoms with Crippen molar-refractivity contribution in [3.63, 3.8) is 0 Å². The number of pyridine rings is 1. The van der Waals surface area contributed by atoms with E-state index in [1.807, 2.05) is 37.8 Å². The highest BCUT2D eigenvalue weighted by Crippen LogP contribution is 2.39. The van der Waals surface area contributed by atoms with Crippen LogP contribution >= 0.6 is 0 Å². The van der Waals surface area contributed by atoms with Gasteiger partial charge in [0.1, 0.15) is 11.4 Å². The molecule has 6 heteroatoms. The second kappa shape index (κ2) is 8.50. The molecule has 1 amide bonds. The van der Waals surface area contributed by atoms with Crippen LogP contribution in [0.5, 0.6) is 5.75 Å². The van der Waals surface area contributed by atoms with Crippen LogP contribution in [0.15, 0.2) is 24.5 Å². The highest BCUT2D eigenvalue weighted by molar-refractivity contribution is 5.69. The summed E-state index contributed by atoms with van der Waals surface area (Å²) in [6, 6.07) is 4.35. The first-order chi connectivity index (χ1) is 13.9. The Labute approximate surface area is 173 Å². The fourth-order valence-corrected chi connectivity index (χ4v) is 5.02. The van der Waals surface area contributed by atoms with Gasteiger partial charge in [0.2, 0.25) is 0 Å². The normalized spacial score (nSPS) is 32.1. The molecule has 3 fully saturated rings. The number of hydrogen-bond donors (Lipinski definition) is 0. The maximum atomic E-state index is 12.6. The summed E-state index contributed by atoms with van der Waals surface area (Å²) < 4.78 is 18.2. The van der Waals surface area contributed by atoms with Gasteiger partial charge in [-0.3, -0.25) is 4.98 Å². The first-order valence-electron chi connectivity index (χ1n) is 11.1. The summed E-state index contributed by atoms with van der Waals surface area (Å²) in [6.07, 6.45) is 12.3. The molecule has 3 atom stereocenters. The van der Waals surface area contributed by atoms with Gasteiger partial charge in [0, 0.05) is 24.5 Å². The summed E-state index contributed by atoms with van der Waals surface area (Å²) in [5.74, 6) is 0.899. The largest absolute Gasteiger partial charge is 0.490 e. The number of amides is 1. The maximum absolute atomic E-state index is 12.6. The summed E-state index contributed by atoms with van der Waals surface area (Å²) in [6.45, 7) is 5.78. The van der Waals surface area contributed by atoms with Gasteiger partial charge in [-0.25, -0.2) is 4.79 Å². The smallest absolute Gasteiger partial charge is 0.410 e. The SMILES string of the molecule is CC(C)(C)OC(=O)N1[C@@H]2CC[C@H]1C[C@H](O[C@H]1CC[C@H](Oc3ccncc3)CC1)C2. The zero-order valence-corrected chi connectivity index (χ0v) is 17.9. The Morgan fingerprint density at radius 1 is 0.931 bits per heavy atom. The standard InChI is InChI=1S/C23H34N2O4/c1-23(2,3)29-22(26)25-16-4-5-17(25)15-21(14-16)28-19-8-6-18(7-9-19)27-20-10-12-24-13-11-20/h10-13,16-19,21H,4-9,14-15H2,1-3H3/t16-,17+,18-,19-,21-. The lowest BCUT2D eigenvalue weighted by molar-refractivity contribution is -0.0812. The van der Waals surface area contributed by atoms with Gasteiger partial charge in [0.25, 0.3) is 0 Å². The minimum atomic E-state index is -0.444. The van der Waals surface area contributed by atoms with Crippen LogP contribution in [-0.4, -0.2) is 52.0 Å². The number of hydrogen-bond acceptors (Lipinski definition) is 5. The monoisotopic (exact) mass is 402 g/mol. The molecule has 3 aliphatic rings. The fraction of sp³-hybridized carbons (Fsp3) is 0.739. The third kappa shape index (κ3) is 5.21. The van der Waals surface area contributed by atoms with Gasteiger partial charge >= 0.3 is 6.09 Å². The number of carbonyl (C=O) groups is 1. The molecule has 3 heterocycles. The van der Waals surface area contributed by atoms with E-state index in [2.05, 4.69) is 4.98 Å². The molecule has 0 N–H and O–H groups in total. The second-order valence-electron chi connectivity index (χ2n) is 9.70. The predicted octanol–water partition coefficient (Wildman–Crippen LogP) is 4.72. The van der Waals surface area contributed by atoms with Crippen LogP contribution in [0.1, 0.15) is 72.1 Å². The van der Waals surface area contributed by atoms with Crippen LogP contribution in [0.2, 0.25) is 0 Å². The Hall–Kier alpha value is -1.82. The van der Waals surface area contributed by atoms with Gasteiger partial charge in [-0.1, -0.05) is 0 Å². The molecule has 0 aromatic carbocycles. The number of carbonyl (C=O) groups excluding carboxylic acids is 1.